The third-order valence-electron chi connectivity index (χ3n) is 7.74. The maximum Gasteiger partial charge on any atom is 0.223 e. The summed E-state index contributed by atoms with van der Waals surface area (Å²) in [5.41, 5.74) is 2.41. The van der Waals surface area contributed by atoms with E-state index in [0.717, 1.165) is 62.2 Å². The van der Waals surface area contributed by atoms with Gasteiger partial charge in [-0.15, -0.1) is 11.3 Å². The Bertz CT molecular complexity index is 1280. The molecule has 0 radical (unpaired) electrons. The van der Waals surface area contributed by atoms with Crippen LogP contribution in [0.25, 0.3) is 21.1 Å². The minimum atomic E-state index is 0.199. The molecule has 1 aliphatic heterocycles. The first-order valence-electron chi connectivity index (χ1n) is 12.0. The Balaban J connectivity index is 0.989. The number of piperidine rings is 1. The van der Waals surface area contributed by atoms with Crippen molar-refractivity contribution in [2.45, 2.75) is 32.2 Å². The zero-order valence-corrected chi connectivity index (χ0v) is 19.9. The quantitative estimate of drug-likeness (QED) is 0.454. The predicted molar refractivity (Wildman–Crippen MR) is 134 cm³/mol. The summed E-state index contributed by atoms with van der Waals surface area (Å²) < 4.78 is 3.51. The third kappa shape index (κ3) is 3.96. The highest BCUT2D eigenvalue weighted by molar-refractivity contribution is 7.19. The van der Waals surface area contributed by atoms with Crippen LogP contribution in [0.15, 0.2) is 54.6 Å². The molecule has 4 aromatic rings. The number of imidazole rings is 1. The van der Waals surface area contributed by atoms with Crippen molar-refractivity contribution in [2.24, 2.45) is 18.4 Å². The number of hydrogen-bond acceptors (Lipinski definition) is 4. The van der Waals surface area contributed by atoms with Gasteiger partial charge in [-0.05, 0) is 67.4 Å². The first-order chi connectivity index (χ1) is 16.1. The number of nitrogens with one attached hydrogen (secondary N) is 1. The second-order valence-electron chi connectivity index (χ2n) is 9.76. The molecule has 6 heteroatoms. The molecule has 1 amide bonds. The highest BCUT2D eigenvalue weighted by atomic mass is 32.1. The van der Waals surface area contributed by atoms with Crippen LogP contribution in [0.1, 0.15) is 30.0 Å². The van der Waals surface area contributed by atoms with Gasteiger partial charge in [0.1, 0.15) is 5.82 Å². The molecule has 2 fully saturated rings. The minimum Gasteiger partial charge on any atom is -0.355 e. The number of hydrogen-bond donors (Lipinski definition) is 1. The van der Waals surface area contributed by atoms with Crippen molar-refractivity contribution in [3.8, 4) is 0 Å². The molecule has 2 aromatic carbocycles. The van der Waals surface area contributed by atoms with E-state index in [1.54, 1.807) is 0 Å². The first-order valence-corrected chi connectivity index (χ1v) is 12.8. The summed E-state index contributed by atoms with van der Waals surface area (Å²) in [6, 6.07) is 19.1. The minimum absolute atomic E-state index is 0.199. The van der Waals surface area contributed by atoms with Crippen LogP contribution in [-0.2, 0) is 24.8 Å². The van der Waals surface area contributed by atoms with E-state index in [9.17, 15) is 4.79 Å². The van der Waals surface area contributed by atoms with Gasteiger partial charge in [0.15, 0.2) is 0 Å². The summed E-state index contributed by atoms with van der Waals surface area (Å²) in [6.07, 6.45) is 4.10. The van der Waals surface area contributed by atoms with E-state index in [4.69, 9.17) is 4.98 Å². The van der Waals surface area contributed by atoms with Crippen molar-refractivity contribution in [3.63, 3.8) is 0 Å². The molecule has 33 heavy (non-hydrogen) atoms. The van der Waals surface area contributed by atoms with E-state index in [1.807, 2.05) is 29.5 Å². The smallest absolute Gasteiger partial charge is 0.223 e. The molecule has 3 heterocycles. The van der Waals surface area contributed by atoms with Gasteiger partial charge in [-0.2, -0.15) is 0 Å². The number of carbonyl (C=O) groups is 1. The average Bonchev–Trinajstić information content (AvgIpc) is 3.22. The first kappa shape index (κ1) is 20.9. The van der Waals surface area contributed by atoms with E-state index in [1.165, 1.54) is 15.0 Å². The molecule has 6 rings (SSSR count). The molecular weight excluding hydrogens is 428 g/mol. The van der Waals surface area contributed by atoms with Gasteiger partial charge in [0.05, 0.1) is 11.0 Å². The molecule has 1 saturated carbocycles. The number of carbonyl (C=O) groups excluding carboxylic acids is 1. The lowest BCUT2D eigenvalue weighted by atomic mass is 9.90. The van der Waals surface area contributed by atoms with Crippen molar-refractivity contribution in [1.82, 2.24) is 19.8 Å². The number of rotatable bonds is 6. The molecule has 1 spiro atoms. The largest absolute Gasteiger partial charge is 0.355 e. The molecule has 1 aliphatic carbocycles. The maximum absolute atomic E-state index is 12.8. The Labute approximate surface area is 198 Å². The maximum atomic E-state index is 12.8. The number of para-hydroxylation sites is 2. The fourth-order valence-electron chi connectivity index (χ4n) is 5.60. The van der Waals surface area contributed by atoms with Crippen molar-refractivity contribution < 1.29 is 4.79 Å². The van der Waals surface area contributed by atoms with Crippen molar-refractivity contribution in [3.05, 3.63) is 65.3 Å². The van der Waals surface area contributed by atoms with Gasteiger partial charge < -0.3 is 9.88 Å². The summed E-state index contributed by atoms with van der Waals surface area (Å²) in [5, 5.41) is 4.55. The van der Waals surface area contributed by atoms with E-state index < -0.39 is 0 Å². The van der Waals surface area contributed by atoms with Gasteiger partial charge >= 0.3 is 0 Å². The summed E-state index contributed by atoms with van der Waals surface area (Å²) >= 11 is 1.91. The van der Waals surface area contributed by atoms with Crippen LogP contribution in [-0.4, -0.2) is 40.0 Å². The summed E-state index contributed by atoms with van der Waals surface area (Å²) in [4.78, 5) is 21.6. The monoisotopic (exact) mass is 458 g/mol. The van der Waals surface area contributed by atoms with Crippen molar-refractivity contribution in [1.29, 1.82) is 0 Å². The third-order valence-corrected chi connectivity index (χ3v) is 8.84. The van der Waals surface area contributed by atoms with Crippen LogP contribution in [0.3, 0.4) is 0 Å². The van der Waals surface area contributed by atoms with Gasteiger partial charge in [-0.25, -0.2) is 4.98 Å². The molecule has 1 saturated heterocycles. The number of nitrogens with zero attached hydrogens (tertiary/aromatic N) is 3. The molecule has 1 unspecified atom stereocenters. The van der Waals surface area contributed by atoms with E-state index in [-0.39, 0.29) is 17.2 Å². The molecular formula is C27H30N4OS. The second kappa shape index (κ2) is 8.26. The Hall–Kier alpha value is -2.70. The van der Waals surface area contributed by atoms with E-state index in [2.05, 4.69) is 58.2 Å². The molecule has 2 aliphatic rings. The number of thiophene rings is 1. The van der Waals surface area contributed by atoms with Crippen LogP contribution in [0.5, 0.6) is 0 Å². The van der Waals surface area contributed by atoms with Crippen molar-refractivity contribution in [2.75, 3.05) is 19.6 Å². The Morgan fingerprint density at radius 2 is 1.94 bits per heavy atom. The fourth-order valence-corrected chi connectivity index (χ4v) is 6.71. The van der Waals surface area contributed by atoms with Gasteiger partial charge in [0, 0.05) is 42.1 Å². The fraction of sp³-hybridized carbons (Fsp3) is 0.407. The molecule has 1 N–H and O–H groups in total. The van der Waals surface area contributed by atoms with Crippen molar-refractivity contribution >= 4 is 38.4 Å². The average molecular weight is 459 g/mol. The summed E-state index contributed by atoms with van der Waals surface area (Å²) in [5.74, 6) is 1.47. The van der Waals surface area contributed by atoms with Crippen LogP contribution >= 0.6 is 11.3 Å². The molecule has 0 bridgehead atoms. The van der Waals surface area contributed by atoms with Gasteiger partial charge in [-0.3, -0.25) is 9.69 Å². The number of aryl methyl sites for hydroxylation is 1. The Morgan fingerprint density at radius 3 is 2.76 bits per heavy atom. The highest BCUT2D eigenvalue weighted by Gasteiger charge is 2.58. The van der Waals surface area contributed by atoms with Crippen LogP contribution in [0, 0.1) is 11.3 Å². The van der Waals surface area contributed by atoms with Crippen LogP contribution in [0.2, 0.25) is 0 Å². The normalized spacial score (nSPS) is 20.0. The molecule has 2 aromatic heterocycles. The van der Waals surface area contributed by atoms with Crippen LogP contribution in [0.4, 0.5) is 0 Å². The van der Waals surface area contributed by atoms with Gasteiger partial charge in [0.25, 0.3) is 0 Å². The Morgan fingerprint density at radius 1 is 1.15 bits per heavy atom. The number of benzene rings is 2. The standard InChI is InChI=1S/C27H30N4OS/c1-30-23-8-4-3-7-22(23)29-25(30)10-13-28-26(32)21-17-27(21)11-14-31(15-12-27)18-20-16-19-6-2-5-9-24(19)33-20/h2-9,16,21H,10-15,17-18H2,1H3,(H,28,32). The molecule has 170 valence electrons. The highest BCUT2D eigenvalue weighted by Crippen LogP contribution is 2.59. The lowest BCUT2D eigenvalue weighted by Crippen LogP contribution is -2.37. The molecule has 1 atom stereocenters. The zero-order valence-electron chi connectivity index (χ0n) is 19.1. The lowest BCUT2D eigenvalue weighted by Gasteiger charge is -2.32. The topological polar surface area (TPSA) is 50.2 Å². The Kier molecular flexibility index (Phi) is 5.23. The number of aromatic nitrogens is 2. The number of likely N-dealkylation sites (tertiary alicyclic amines) is 1. The van der Waals surface area contributed by atoms with E-state index >= 15 is 0 Å². The van der Waals surface area contributed by atoms with Crippen LogP contribution < -0.4 is 5.32 Å². The predicted octanol–water partition coefficient (Wildman–Crippen LogP) is 4.75. The number of amides is 1. The second-order valence-corrected chi connectivity index (χ2v) is 10.9. The summed E-state index contributed by atoms with van der Waals surface area (Å²) in [7, 11) is 2.05. The SMILES string of the molecule is Cn1c(CCNC(=O)C2CC23CCN(Cc2cc4ccccc4s2)CC3)nc2ccccc21. The van der Waals surface area contributed by atoms with Gasteiger partial charge in [0.2, 0.25) is 5.91 Å². The lowest BCUT2D eigenvalue weighted by molar-refractivity contribution is -0.123. The number of fused-ring (bicyclic) bond motifs is 2. The summed E-state index contributed by atoms with van der Waals surface area (Å²) in [6.45, 7) is 3.88. The van der Waals surface area contributed by atoms with E-state index in [0.29, 0.717) is 6.54 Å². The zero-order chi connectivity index (χ0) is 22.4. The molecule has 5 nitrogen and oxygen atoms in total. The van der Waals surface area contributed by atoms with Gasteiger partial charge in [-0.1, -0.05) is 30.3 Å².